The molecule has 0 bridgehead atoms. The predicted molar refractivity (Wildman–Crippen MR) is 118 cm³/mol. The number of hydrogen-bond acceptors (Lipinski definition) is 4. The second-order valence-electron chi connectivity index (χ2n) is 6.48. The molecule has 0 aliphatic carbocycles. The summed E-state index contributed by atoms with van der Waals surface area (Å²) in [5.41, 5.74) is 3.92. The molecule has 3 aromatic carbocycles. The van der Waals surface area contributed by atoms with Crippen LogP contribution in [0.4, 0.5) is 0 Å². The van der Waals surface area contributed by atoms with Crippen molar-refractivity contribution in [3.8, 4) is 11.5 Å². The number of hydrazone groups is 1. The third-order valence-electron chi connectivity index (χ3n) is 4.38. The van der Waals surface area contributed by atoms with Crippen LogP contribution in [0.5, 0.6) is 11.5 Å². The molecule has 0 aliphatic heterocycles. The Kier molecular flexibility index (Phi) is 6.36. The molecule has 0 aromatic heterocycles. The van der Waals surface area contributed by atoms with Gasteiger partial charge in [-0.25, -0.2) is 5.43 Å². The lowest BCUT2D eigenvalue weighted by atomic mass is 9.98. The molecule has 0 saturated carbocycles. The number of rotatable bonds is 5. The van der Waals surface area contributed by atoms with E-state index in [1.165, 1.54) is 17.7 Å². The second-order valence-corrected chi connectivity index (χ2v) is 8.13. The first kappa shape index (κ1) is 20.4. The number of benzene rings is 3. The number of nitrogens with zero attached hydrogens (tertiary/aromatic N) is 1. The van der Waals surface area contributed by atoms with Gasteiger partial charge in [0.1, 0.15) is 16.0 Å². The summed E-state index contributed by atoms with van der Waals surface area (Å²) < 4.78 is 0.550. The van der Waals surface area contributed by atoms with E-state index in [2.05, 4.69) is 60.6 Å². The fourth-order valence-corrected chi connectivity index (χ4v) is 3.96. The monoisotopic (exact) mass is 504 g/mol. The van der Waals surface area contributed by atoms with E-state index >= 15 is 0 Å². The van der Waals surface area contributed by atoms with Gasteiger partial charge >= 0.3 is 0 Å². The standard InChI is InChI=1S/C21H18Br2N2O3/c1-12(8-13-6-7-14-4-2-3-5-15(14)9-13)21(28)25-24-11-16-10-17(22)20(27)18(23)19(16)26/h2-7,9-12,26-27H,8H2,1H3,(H,25,28)/b24-11+. The van der Waals surface area contributed by atoms with Crippen LogP contribution < -0.4 is 5.43 Å². The minimum absolute atomic E-state index is 0.109. The molecule has 144 valence electrons. The Hall–Kier alpha value is -2.38. The predicted octanol–water partition coefficient (Wildman–Crippen LogP) is 5.10. The molecule has 0 fully saturated rings. The normalized spacial score (nSPS) is 12.4. The van der Waals surface area contributed by atoms with E-state index in [9.17, 15) is 15.0 Å². The second kappa shape index (κ2) is 8.75. The van der Waals surface area contributed by atoms with Gasteiger partial charge in [0.15, 0.2) is 0 Å². The van der Waals surface area contributed by atoms with Crippen molar-refractivity contribution in [2.45, 2.75) is 13.3 Å². The van der Waals surface area contributed by atoms with Crippen molar-refractivity contribution >= 4 is 54.8 Å². The summed E-state index contributed by atoms with van der Waals surface area (Å²) >= 11 is 6.29. The van der Waals surface area contributed by atoms with E-state index in [0.717, 1.165) is 10.9 Å². The summed E-state index contributed by atoms with van der Waals surface area (Å²) in [6.07, 6.45) is 1.92. The first-order valence-corrected chi connectivity index (χ1v) is 10.2. The summed E-state index contributed by atoms with van der Waals surface area (Å²) in [7, 11) is 0. The van der Waals surface area contributed by atoms with Crippen LogP contribution in [0, 0.1) is 5.92 Å². The summed E-state index contributed by atoms with van der Waals surface area (Å²) in [5, 5.41) is 26.0. The summed E-state index contributed by atoms with van der Waals surface area (Å²) in [4.78, 5) is 12.3. The molecule has 1 amide bonds. The number of aromatic hydroxyl groups is 2. The molecule has 0 spiro atoms. The molecule has 1 unspecified atom stereocenters. The fourth-order valence-electron chi connectivity index (χ4n) is 2.80. The SMILES string of the molecule is CC(Cc1ccc2ccccc2c1)C(=O)N/N=C/c1cc(Br)c(O)c(Br)c1O. The van der Waals surface area contributed by atoms with Gasteiger partial charge in [0, 0.05) is 11.5 Å². The largest absolute Gasteiger partial charge is 0.506 e. The van der Waals surface area contributed by atoms with Gasteiger partial charge in [0.25, 0.3) is 0 Å². The highest BCUT2D eigenvalue weighted by atomic mass is 79.9. The minimum atomic E-state index is -0.273. The molecule has 0 heterocycles. The molecule has 1 atom stereocenters. The van der Waals surface area contributed by atoms with Crippen LogP contribution in [0.3, 0.4) is 0 Å². The minimum Gasteiger partial charge on any atom is -0.506 e. The number of hydrogen-bond donors (Lipinski definition) is 3. The molecule has 3 aromatic rings. The van der Waals surface area contributed by atoms with Gasteiger partial charge in [-0.1, -0.05) is 49.4 Å². The fraction of sp³-hybridized carbons (Fsp3) is 0.143. The number of carbonyl (C=O) groups excluding carboxylic acids is 1. The molecule has 28 heavy (non-hydrogen) atoms. The van der Waals surface area contributed by atoms with E-state index in [-0.39, 0.29) is 27.8 Å². The first-order chi connectivity index (χ1) is 13.4. The van der Waals surface area contributed by atoms with Crippen LogP contribution >= 0.6 is 31.9 Å². The van der Waals surface area contributed by atoms with Crippen molar-refractivity contribution in [1.82, 2.24) is 5.43 Å². The molecule has 0 radical (unpaired) electrons. The summed E-state index contributed by atoms with van der Waals surface area (Å²) in [6.45, 7) is 1.84. The van der Waals surface area contributed by atoms with Crippen LogP contribution in [0.25, 0.3) is 10.8 Å². The average molecular weight is 506 g/mol. The first-order valence-electron chi connectivity index (χ1n) is 8.57. The maximum Gasteiger partial charge on any atom is 0.243 e. The molecule has 5 nitrogen and oxygen atoms in total. The number of phenols is 2. The maximum absolute atomic E-state index is 12.3. The van der Waals surface area contributed by atoms with Gasteiger partial charge in [-0.3, -0.25) is 4.79 Å². The highest BCUT2D eigenvalue weighted by molar-refractivity contribution is 9.11. The van der Waals surface area contributed by atoms with Crippen molar-refractivity contribution in [3.63, 3.8) is 0 Å². The molecular weight excluding hydrogens is 488 g/mol. The Morgan fingerprint density at radius 1 is 1.11 bits per heavy atom. The van der Waals surface area contributed by atoms with Crippen molar-refractivity contribution in [2.24, 2.45) is 11.0 Å². The number of amides is 1. The van der Waals surface area contributed by atoms with Crippen LogP contribution in [0.2, 0.25) is 0 Å². The molecular formula is C21H18Br2N2O3. The maximum atomic E-state index is 12.3. The van der Waals surface area contributed by atoms with Gasteiger partial charge < -0.3 is 10.2 Å². The topological polar surface area (TPSA) is 81.9 Å². The number of fused-ring (bicyclic) bond motifs is 1. The summed E-state index contributed by atoms with van der Waals surface area (Å²) in [5.74, 6) is -0.767. The van der Waals surface area contributed by atoms with Gasteiger partial charge in [0.2, 0.25) is 5.91 Å². The third-order valence-corrected chi connectivity index (χ3v) is 5.74. The van der Waals surface area contributed by atoms with Crippen molar-refractivity contribution < 1.29 is 15.0 Å². The number of nitrogens with one attached hydrogen (secondary N) is 1. The Balaban J connectivity index is 1.65. The lowest BCUT2D eigenvalue weighted by Crippen LogP contribution is -2.26. The Bertz CT molecular complexity index is 1070. The molecule has 3 rings (SSSR count). The highest BCUT2D eigenvalue weighted by Crippen LogP contribution is 2.40. The van der Waals surface area contributed by atoms with Crippen LogP contribution in [0.15, 0.2) is 62.6 Å². The molecule has 0 saturated heterocycles. The molecule has 3 N–H and O–H groups in total. The lowest BCUT2D eigenvalue weighted by Gasteiger charge is -2.11. The van der Waals surface area contributed by atoms with Crippen LogP contribution in [-0.4, -0.2) is 22.3 Å². The van der Waals surface area contributed by atoms with Gasteiger partial charge in [0.05, 0.1) is 10.7 Å². The average Bonchev–Trinajstić information content (AvgIpc) is 2.69. The van der Waals surface area contributed by atoms with Crippen LogP contribution in [-0.2, 0) is 11.2 Å². The zero-order valence-electron chi connectivity index (χ0n) is 15.0. The van der Waals surface area contributed by atoms with Crippen molar-refractivity contribution in [1.29, 1.82) is 0 Å². The van der Waals surface area contributed by atoms with Gasteiger partial charge in [-0.15, -0.1) is 0 Å². The zero-order chi connectivity index (χ0) is 20.3. The molecule has 0 aliphatic rings. The summed E-state index contributed by atoms with van der Waals surface area (Å²) in [6, 6.07) is 15.8. The Labute approximate surface area is 179 Å². The lowest BCUT2D eigenvalue weighted by molar-refractivity contribution is -0.124. The Morgan fingerprint density at radius 2 is 1.82 bits per heavy atom. The quantitative estimate of drug-likeness (QED) is 0.333. The van der Waals surface area contributed by atoms with E-state index in [0.29, 0.717) is 16.5 Å². The Morgan fingerprint density at radius 3 is 2.57 bits per heavy atom. The third kappa shape index (κ3) is 4.54. The highest BCUT2D eigenvalue weighted by Gasteiger charge is 2.15. The van der Waals surface area contributed by atoms with Gasteiger partial charge in [-0.2, -0.15) is 5.10 Å². The van der Waals surface area contributed by atoms with E-state index < -0.39 is 0 Å². The number of phenolic OH excluding ortho intramolecular Hbond substituents is 2. The van der Waals surface area contributed by atoms with E-state index in [4.69, 9.17) is 0 Å². The van der Waals surface area contributed by atoms with Gasteiger partial charge in [-0.05, 0) is 60.7 Å². The molecule has 7 heteroatoms. The van der Waals surface area contributed by atoms with Crippen molar-refractivity contribution in [2.75, 3.05) is 0 Å². The van der Waals surface area contributed by atoms with E-state index in [1.54, 1.807) is 0 Å². The smallest absolute Gasteiger partial charge is 0.243 e. The number of halogens is 2. The van der Waals surface area contributed by atoms with E-state index in [1.807, 2.05) is 31.2 Å². The van der Waals surface area contributed by atoms with Crippen LogP contribution in [0.1, 0.15) is 18.1 Å². The zero-order valence-corrected chi connectivity index (χ0v) is 18.2. The van der Waals surface area contributed by atoms with Crippen molar-refractivity contribution in [3.05, 3.63) is 68.6 Å². The number of carbonyl (C=O) groups is 1.